The van der Waals surface area contributed by atoms with Crippen LogP contribution in [0.15, 0.2) is 60.9 Å². The lowest BCUT2D eigenvalue weighted by Gasteiger charge is -2.10. The summed E-state index contributed by atoms with van der Waals surface area (Å²) in [5.74, 6) is 2.97. The quantitative estimate of drug-likeness (QED) is 0.573. The Labute approximate surface area is 165 Å². The van der Waals surface area contributed by atoms with Crippen LogP contribution in [0, 0.1) is 13.8 Å². The molecule has 0 bridgehead atoms. The third-order valence-corrected chi connectivity index (χ3v) is 4.27. The Bertz CT molecular complexity index is 886. The lowest BCUT2D eigenvalue weighted by Crippen LogP contribution is -2.30. The van der Waals surface area contributed by atoms with Gasteiger partial charge in [0, 0.05) is 25.5 Å². The molecule has 1 amide bonds. The number of hydrogen-bond donors (Lipinski definition) is 1. The molecule has 1 N–H and O–H groups in total. The van der Waals surface area contributed by atoms with Crippen molar-refractivity contribution in [3.05, 3.63) is 72.3 Å². The van der Waals surface area contributed by atoms with Crippen LogP contribution in [0.3, 0.4) is 0 Å². The number of carbonyl (C=O) groups is 1. The SMILES string of the molecule is Cc1ccc(Oc2ccc(OCC(=O)NCCCn3ccnc3C)cc2)cc1. The molecule has 6 heteroatoms. The van der Waals surface area contributed by atoms with Gasteiger partial charge < -0.3 is 19.4 Å². The Morgan fingerprint density at radius 2 is 1.64 bits per heavy atom. The maximum Gasteiger partial charge on any atom is 0.257 e. The smallest absolute Gasteiger partial charge is 0.257 e. The molecule has 3 rings (SSSR count). The van der Waals surface area contributed by atoms with Crippen molar-refractivity contribution in [1.29, 1.82) is 0 Å². The highest BCUT2D eigenvalue weighted by atomic mass is 16.5. The standard InChI is InChI=1S/C22H25N3O3/c1-17-4-6-20(7-5-17)28-21-10-8-19(9-11-21)27-16-22(26)24-12-3-14-25-15-13-23-18(25)2/h4-11,13,15H,3,12,14,16H2,1-2H3,(H,24,26). The summed E-state index contributed by atoms with van der Waals surface area (Å²) < 4.78 is 13.4. The highest BCUT2D eigenvalue weighted by Crippen LogP contribution is 2.24. The number of rotatable bonds is 9. The molecule has 6 nitrogen and oxygen atoms in total. The fourth-order valence-corrected chi connectivity index (χ4v) is 2.66. The summed E-state index contributed by atoms with van der Waals surface area (Å²) in [5.41, 5.74) is 1.19. The number of imidazole rings is 1. The van der Waals surface area contributed by atoms with Crippen LogP contribution < -0.4 is 14.8 Å². The molecule has 0 aliphatic rings. The molecule has 0 fully saturated rings. The molecule has 0 saturated carbocycles. The fourth-order valence-electron chi connectivity index (χ4n) is 2.66. The van der Waals surface area contributed by atoms with E-state index in [9.17, 15) is 4.79 Å². The van der Waals surface area contributed by atoms with Crippen LogP contribution in [0.4, 0.5) is 0 Å². The van der Waals surface area contributed by atoms with E-state index in [2.05, 4.69) is 14.9 Å². The van der Waals surface area contributed by atoms with Crippen molar-refractivity contribution in [1.82, 2.24) is 14.9 Å². The van der Waals surface area contributed by atoms with Gasteiger partial charge in [-0.3, -0.25) is 4.79 Å². The number of ether oxygens (including phenoxy) is 2. The summed E-state index contributed by atoms with van der Waals surface area (Å²) >= 11 is 0. The molecular formula is C22H25N3O3. The zero-order valence-electron chi connectivity index (χ0n) is 16.2. The first-order valence-corrected chi connectivity index (χ1v) is 9.32. The fraction of sp³-hybridized carbons (Fsp3) is 0.273. The van der Waals surface area contributed by atoms with Crippen LogP contribution in [0.25, 0.3) is 0 Å². The second-order valence-electron chi connectivity index (χ2n) is 6.55. The normalized spacial score (nSPS) is 10.5. The maximum absolute atomic E-state index is 11.9. The molecule has 0 aliphatic carbocycles. The van der Waals surface area contributed by atoms with Crippen molar-refractivity contribution < 1.29 is 14.3 Å². The van der Waals surface area contributed by atoms with Gasteiger partial charge in [0.25, 0.3) is 5.91 Å². The minimum absolute atomic E-state index is 0.0116. The van der Waals surface area contributed by atoms with Crippen LogP contribution >= 0.6 is 0 Å². The van der Waals surface area contributed by atoms with Gasteiger partial charge in [-0.1, -0.05) is 17.7 Å². The van der Waals surface area contributed by atoms with Gasteiger partial charge in [0.1, 0.15) is 23.1 Å². The first-order valence-electron chi connectivity index (χ1n) is 9.32. The summed E-state index contributed by atoms with van der Waals surface area (Å²) in [7, 11) is 0. The molecule has 0 unspecified atom stereocenters. The van der Waals surface area contributed by atoms with Crippen molar-refractivity contribution >= 4 is 5.91 Å². The van der Waals surface area contributed by atoms with Gasteiger partial charge in [-0.15, -0.1) is 0 Å². The van der Waals surface area contributed by atoms with Gasteiger partial charge in [-0.2, -0.15) is 0 Å². The van der Waals surface area contributed by atoms with Gasteiger partial charge in [-0.25, -0.2) is 4.98 Å². The first kappa shape index (κ1) is 19.5. The predicted molar refractivity (Wildman–Crippen MR) is 108 cm³/mol. The molecule has 0 radical (unpaired) electrons. The van der Waals surface area contributed by atoms with Crippen molar-refractivity contribution in [2.45, 2.75) is 26.8 Å². The van der Waals surface area contributed by atoms with E-state index in [-0.39, 0.29) is 12.5 Å². The monoisotopic (exact) mass is 379 g/mol. The molecule has 146 valence electrons. The third kappa shape index (κ3) is 5.87. The Kier molecular flexibility index (Phi) is 6.68. The summed E-state index contributed by atoms with van der Waals surface area (Å²) in [5, 5.41) is 2.86. The second kappa shape index (κ2) is 9.60. The number of aryl methyl sites for hydroxylation is 3. The van der Waals surface area contributed by atoms with Crippen molar-refractivity contribution in [3.63, 3.8) is 0 Å². The summed E-state index contributed by atoms with van der Waals surface area (Å²) in [4.78, 5) is 16.1. The predicted octanol–water partition coefficient (Wildman–Crippen LogP) is 3.88. The van der Waals surface area contributed by atoms with E-state index >= 15 is 0 Å². The third-order valence-electron chi connectivity index (χ3n) is 4.27. The minimum Gasteiger partial charge on any atom is -0.484 e. The molecular weight excluding hydrogens is 354 g/mol. The Hall–Kier alpha value is -3.28. The van der Waals surface area contributed by atoms with Gasteiger partial charge in [0.15, 0.2) is 6.61 Å². The van der Waals surface area contributed by atoms with Crippen LogP contribution in [0.5, 0.6) is 17.2 Å². The zero-order chi connectivity index (χ0) is 19.8. The lowest BCUT2D eigenvalue weighted by molar-refractivity contribution is -0.123. The molecule has 28 heavy (non-hydrogen) atoms. The number of aromatic nitrogens is 2. The van der Waals surface area contributed by atoms with E-state index < -0.39 is 0 Å². The molecule has 3 aromatic rings. The van der Waals surface area contributed by atoms with E-state index in [1.807, 2.05) is 56.4 Å². The van der Waals surface area contributed by atoms with Gasteiger partial charge in [0.05, 0.1) is 0 Å². The van der Waals surface area contributed by atoms with Crippen LogP contribution in [0.1, 0.15) is 17.8 Å². The van der Waals surface area contributed by atoms with Crippen LogP contribution in [-0.2, 0) is 11.3 Å². The minimum atomic E-state index is -0.137. The Balaban J connectivity index is 1.36. The summed E-state index contributed by atoms with van der Waals surface area (Å²) in [6.45, 7) is 5.41. The van der Waals surface area contributed by atoms with Gasteiger partial charge in [0.2, 0.25) is 0 Å². The number of nitrogens with one attached hydrogen (secondary N) is 1. The van der Waals surface area contributed by atoms with Crippen molar-refractivity contribution in [3.8, 4) is 17.2 Å². The Morgan fingerprint density at radius 1 is 1.00 bits per heavy atom. The van der Waals surface area contributed by atoms with Gasteiger partial charge in [-0.05, 0) is 56.7 Å². The van der Waals surface area contributed by atoms with E-state index in [0.29, 0.717) is 12.3 Å². The van der Waals surface area contributed by atoms with E-state index in [1.165, 1.54) is 5.56 Å². The topological polar surface area (TPSA) is 65.4 Å². The highest BCUT2D eigenvalue weighted by Gasteiger charge is 2.04. The van der Waals surface area contributed by atoms with Crippen molar-refractivity contribution in [2.24, 2.45) is 0 Å². The highest BCUT2D eigenvalue weighted by molar-refractivity contribution is 5.77. The maximum atomic E-state index is 11.9. The van der Waals surface area contributed by atoms with E-state index in [0.717, 1.165) is 30.3 Å². The molecule has 0 aliphatic heterocycles. The number of nitrogens with zero attached hydrogens (tertiary/aromatic N) is 2. The Morgan fingerprint density at radius 3 is 2.29 bits per heavy atom. The van der Waals surface area contributed by atoms with Crippen LogP contribution in [0.2, 0.25) is 0 Å². The van der Waals surface area contributed by atoms with E-state index in [4.69, 9.17) is 9.47 Å². The van der Waals surface area contributed by atoms with Crippen molar-refractivity contribution in [2.75, 3.05) is 13.2 Å². The number of hydrogen-bond acceptors (Lipinski definition) is 4. The molecule has 0 saturated heterocycles. The molecule has 1 heterocycles. The first-order chi connectivity index (χ1) is 13.6. The number of carbonyl (C=O) groups excluding carboxylic acids is 1. The van der Waals surface area contributed by atoms with Crippen LogP contribution in [-0.4, -0.2) is 28.6 Å². The van der Waals surface area contributed by atoms with E-state index in [1.54, 1.807) is 18.3 Å². The molecule has 0 spiro atoms. The van der Waals surface area contributed by atoms with Gasteiger partial charge >= 0.3 is 0 Å². The molecule has 2 aromatic carbocycles. The summed E-state index contributed by atoms with van der Waals surface area (Å²) in [6, 6.07) is 15.1. The average Bonchev–Trinajstić information content (AvgIpc) is 3.11. The molecule has 0 atom stereocenters. The second-order valence-corrected chi connectivity index (χ2v) is 6.55. The zero-order valence-corrected chi connectivity index (χ0v) is 16.2. The average molecular weight is 379 g/mol. The largest absolute Gasteiger partial charge is 0.484 e. The summed E-state index contributed by atoms with van der Waals surface area (Å²) in [6.07, 6.45) is 4.55. The lowest BCUT2D eigenvalue weighted by atomic mass is 10.2. The number of benzene rings is 2. The number of amides is 1. The molecule has 1 aromatic heterocycles.